The highest BCUT2D eigenvalue weighted by atomic mass is 16.6. The second kappa shape index (κ2) is 7.91. The van der Waals surface area contributed by atoms with Crippen molar-refractivity contribution in [2.75, 3.05) is 38.2 Å². The first-order valence-corrected chi connectivity index (χ1v) is 9.46. The fourth-order valence-electron chi connectivity index (χ4n) is 3.66. The van der Waals surface area contributed by atoms with E-state index in [-0.39, 0.29) is 5.92 Å². The Kier molecular flexibility index (Phi) is 5.20. The van der Waals surface area contributed by atoms with E-state index in [9.17, 15) is 0 Å². The molecule has 2 aromatic rings. The number of fused-ring (bicyclic) bond motifs is 1. The van der Waals surface area contributed by atoms with Gasteiger partial charge in [0.2, 0.25) is 0 Å². The summed E-state index contributed by atoms with van der Waals surface area (Å²) in [7, 11) is 0. The van der Waals surface area contributed by atoms with E-state index in [1.165, 1.54) is 5.56 Å². The molecule has 26 heavy (non-hydrogen) atoms. The average Bonchev–Trinajstić information content (AvgIpc) is 2.72. The van der Waals surface area contributed by atoms with Crippen LogP contribution >= 0.6 is 0 Å². The monoisotopic (exact) mass is 354 g/mol. The van der Waals surface area contributed by atoms with Crippen molar-refractivity contribution in [1.82, 2.24) is 15.3 Å². The van der Waals surface area contributed by atoms with Gasteiger partial charge in [-0.15, -0.1) is 0 Å². The molecule has 138 valence electrons. The van der Waals surface area contributed by atoms with E-state index in [0.717, 1.165) is 55.5 Å². The SMILES string of the molecule is C[C@H](CNc1cc(C2CCNCC2)ncn1)c1cccc2c1OCCO2. The van der Waals surface area contributed by atoms with Crippen molar-refractivity contribution in [2.45, 2.75) is 31.6 Å². The Hall–Kier alpha value is -2.34. The Morgan fingerprint density at radius 3 is 2.92 bits per heavy atom. The Balaban J connectivity index is 1.42. The second-order valence-corrected chi connectivity index (χ2v) is 7.01. The second-order valence-electron chi connectivity index (χ2n) is 7.01. The Labute approximate surface area is 154 Å². The molecule has 0 aliphatic carbocycles. The molecule has 1 aromatic carbocycles. The fraction of sp³-hybridized carbons (Fsp3) is 0.500. The first-order valence-electron chi connectivity index (χ1n) is 9.46. The lowest BCUT2D eigenvalue weighted by Gasteiger charge is -2.24. The van der Waals surface area contributed by atoms with Gasteiger partial charge in [-0.25, -0.2) is 9.97 Å². The zero-order valence-electron chi connectivity index (χ0n) is 15.2. The van der Waals surface area contributed by atoms with Crippen molar-refractivity contribution in [3.05, 3.63) is 41.9 Å². The number of benzene rings is 1. The van der Waals surface area contributed by atoms with Gasteiger partial charge >= 0.3 is 0 Å². The predicted octanol–water partition coefficient (Wildman–Crippen LogP) is 2.93. The molecule has 0 unspecified atom stereocenters. The van der Waals surface area contributed by atoms with E-state index >= 15 is 0 Å². The first-order chi connectivity index (χ1) is 12.8. The van der Waals surface area contributed by atoms with Gasteiger partial charge in [-0.1, -0.05) is 19.1 Å². The van der Waals surface area contributed by atoms with Gasteiger partial charge < -0.3 is 20.1 Å². The summed E-state index contributed by atoms with van der Waals surface area (Å²) in [4.78, 5) is 8.88. The van der Waals surface area contributed by atoms with Crippen molar-refractivity contribution in [3.8, 4) is 11.5 Å². The molecule has 2 aliphatic heterocycles. The smallest absolute Gasteiger partial charge is 0.164 e. The van der Waals surface area contributed by atoms with Crippen LogP contribution in [0.15, 0.2) is 30.6 Å². The third kappa shape index (κ3) is 3.75. The standard InChI is InChI=1S/C20H26N4O2/c1-14(16-3-2-4-18-20(16)26-10-9-25-18)12-22-19-11-17(23-13-24-19)15-5-7-21-8-6-15/h2-4,11,13-15,21H,5-10,12H2,1H3,(H,22,23,24)/t14-/m1/s1. The van der Waals surface area contributed by atoms with E-state index in [0.29, 0.717) is 19.1 Å². The van der Waals surface area contributed by atoms with Gasteiger partial charge in [0, 0.05) is 35.7 Å². The van der Waals surface area contributed by atoms with Crippen LogP contribution in [0.3, 0.4) is 0 Å². The number of hydrogen-bond acceptors (Lipinski definition) is 6. The van der Waals surface area contributed by atoms with Gasteiger partial charge in [0.15, 0.2) is 11.5 Å². The highest BCUT2D eigenvalue weighted by Gasteiger charge is 2.20. The van der Waals surface area contributed by atoms with Crippen molar-refractivity contribution >= 4 is 5.82 Å². The van der Waals surface area contributed by atoms with Crippen molar-refractivity contribution in [1.29, 1.82) is 0 Å². The average molecular weight is 354 g/mol. The fourth-order valence-corrected chi connectivity index (χ4v) is 3.66. The molecule has 3 heterocycles. The maximum absolute atomic E-state index is 5.84. The van der Waals surface area contributed by atoms with E-state index in [4.69, 9.17) is 9.47 Å². The van der Waals surface area contributed by atoms with E-state index < -0.39 is 0 Å². The molecule has 4 rings (SSSR count). The summed E-state index contributed by atoms with van der Waals surface area (Å²) in [5, 5.41) is 6.87. The molecule has 6 heteroatoms. The number of anilines is 1. The minimum absolute atomic E-state index is 0.281. The van der Waals surface area contributed by atoms with Gasteiger partial charge in [0.1, 0.15) is 25.4 Å². The molecule has 0 bridgehead atoms. The summed E-state index contributed by atoms with van der Waals surface area (Å²) in [6.07, 6.45) is 3.95. The summed E-state index contributed by atoms with van der Waals surface area (Å²) in [6, 6.07) is 8.20. The molecular formula is C20H26N4O2. The van der Waals surface area contributed by atoms with Crippen LogP contribution < -0.4 is 20.1 Å². The van der Waals surface area contributed by atoms with Crippen LogP contribution in [0.2, 0.25) is 0 Å². The predicted molar refractivity (Wildman–Crippen MR) is 101 cm³/mol. The topological polar surface area (TPSA) is 68.3 Å². The van der Waals surface area contributed by atoms with E-state index in [1.54, 1.807) is 6.33 Å². The van der Waals surface area contributed by atoms with Crippen molar-refractivity contribution in [2.24, 2.45) is 0 Å². The van der Waals surface area contributed by atoms with Crippen LogP contribution in [-0.4, -0.2) is 42.8 Å². The van der Waals surface area contributed by atoms with Gasteiger partial charge in [-0.2, -0.15) is 0 Å². The van der Waals surface area contributed by atoms with Crippen LogP contribution in [-0.2, 0) is 0 Å². The van der Waals surface area contributed by atoms with Gasteiger partial charge in [-0.3, -0.25) is 0 Å². The van der Waals surface area contributed by atoms with Crippen molar-refractivity contribution < 1.29 is 9.47 Å². The number of ether oxygens (including phenoxy) is 2. The summed E-state index contributed by atoms with van der Waals surface area (Å²) in [5.74, 6) is 3.43. The number of aromatic nitrogens is 2. The molecule has 6 nitrogen and oxygen atoms in total. The molecule has 2 aliphatic rings. The summed E-state index contributed by atoms with van der Waals surface area (Å²) in [5.41, 5.74) is 2.31. The molecule has 0 spiro atoms. The Morgan fingerprint density at radius 2 is 2.04 bits per heavy atom. The summed E-state index contributed by atoms with van der Waals surface area (Å²) < 4.78 is 11.5. The van der Waals surface area contributed by atoms with E-state index in [2.05, 4.69) is 39.7 Å². The Morgan fingerprint density at radius 1 is 1.19 bits per heavy atom. The van der Waals surface area contributed by atoms with Crippen molar-refractivity contribution in [3.63, 3.8) is 0 Å². The molecule has 1 atom stereocenters. The normalized spacial score (nSPS) is 18.3. The lowest BCUT2D eigenvalue weighted by Crippen LogP contribution is -2.27. The molecule has 1 aromatic heterocycles. The van der Waals surface area contributed by atoms with Gasteiger partial charge in [0.25, 0.3) is 0 Å². The van der Waals surface area contributed by atoms with Gasteiger partial charge in [0.05, 0.1) is 0 Å². The van der Waals surface area contributed by atoms with E-state index in [1.807, 2.05) is 12.1 Å². The maximum Gasteiger partial charge on any atom is 0.164 e. The van der Waals surface area contributed by atoms with Crippen LogP contribution in [0.1, 0.15) is 42.9 Å². The molecule has 2 N–H and O–H groups in total. The molecule has 0 saturated carbocycles. The molecule has 1 fully saturated rings. The zero-order valence-corrected chi connectivity index (χ0v) is 15.2. The third-order valence-electron chi connectivity index (χ3n) is 5.16. The number of nitrogens with zero attached hydrogens (tertiary/aromatic N) is 2. The lowest BCUT2D eigenvalue weighted by molar-refractivity contribution is 0.169. The lowest BCUT2D eigenvalue weighted by atomic mass is 9.94. The largest absolute Gasteiger partial charge is 0.486 e. The number of nitrogens with one attached hydrogen (secondary N) is 2. The number of hydrogen-bond donors (Lipinski definition) is 2. The summed E-state index contributed by atoms with van der Waals surface area (Å²) >= 11 is 0. The highest BCUT2D eigenvalue weighted by Crippen LogP contribution is 2.37. The minimum atomic E-state index is 0.281. The molecule has 1 saturated heterocycles. The zero-order chi connectivity index (χ0) is 17.8. The van der Waals surface area contributed by atoms with Crippen LogP contribution in [0.25, 0.3) is 0 Å². The Bertz CT molecular complexity index is 746. The first kappa shape index (κ1) is 17.1. The van der Waals surface area contributed by atoms with Crippen LogP contribution in [0, 0.1) is 0 Å². The number of para-hydroxylation sites is 1. The summed E-state index contributed by atoms with van der Waals surface area (Å²) in [6.45, 7) is 6.32. The van der Waals surface area contributed by atoms with Crippen LogP contribution in [0.5, 0.6) is 11.5 Å². The minimum Gasteiger partial charge on any atom is -0.486 e. The number of rotatable bonds is 5. The third-order valence-corrected chi connectivity index (χ3v) is 5.16. The highest BCUT2D eigenvalue weighted by molar-refractivity contribution is 5.49. The molecular weight excluding hydrogens is 328 g/mol. The quantitative estimate of drug-likeness (QED) is 0.860. The van der Waals surface area contributed by atoms with Gasteiger partial charge in [-0.05, 0) is 32.0 Å². The molecule has 0 radical (unpaired) electrons. The van der Waals surface area contributed by atoms with Crippen LogP contribution in [0.4, 0.5) is 5.82 Å². The molecule has 0 amide bonds. The maximum atomic E-state index is 5.84. The number of piperidine rings is 1.